The summed E-state index contributed by atoms with van der Waals surface area (Å²) in [6.45, 7) is 5.93. The number of nitrogens with zero attached hydrogens (tertiary/aromatic N) is 2. The van der Waals surface area contributed by atoms with Gasteiger partial charge in [-0.3, -0.25) is 4.68 Å². The summed E-state index contributed by atoms with van der Waals surface area (Å²) in [4.78, 5) is 0. The van der Waals surface area contributed by atoms with Gasteiger partial charge in [0.2, 0.25) is 0 Å². The first-order valence-electron chi connectivity index (χ1n) is 6.32. The molecule has 0 fully saturated rings. The Kier molecular flexibility index (Phi) is 3.97. The van der Waals surface area contributed by atoms with Crippen molar-refractivity contribution < 1.29 is 5.11 Å². The van der Waals surface area contributed by atoms with Crippen LogP contribution in [0.2, 0.25) is 5.02 Å². The van der Waals surface area contributed by atoms with Crippen LogP contribution in [-0.4, -0.2) is 14.9 Å². The molecule has 1 aromatic carbocycles. The zero-order chi connectivity index (χ0) is 14.2. The summed E-state index contributed by atoms with van der Waals surface area (Å²) in [6, 6.07) is 6.11. The van der Waals surface area contributed by atoms with Gasteiger partial charge in [0.1, 0.15) is 0 Å². The number of halogens is 1. The third-order valence-electron chi connectivity index (χ3n) is 3.28. The van der Waals surface area contributed by atoms with Gasteiger partial charge in [0.15, 0.2) is 0 Å². The van der Waals surface area contributed by atoms with E-state index in [0.29, 0.717) is 11.4 Å². The lowest BCUT2D eigenvalue weighted by Crippen LogP contribution is -2.07. The van der Waals surface area contributed by atoms with E-state index in [1.807, 2.05) is 40.0 Å². The molecule has 1 atom stereocenters. The molecule has 2 rings (SSSR count). The Labute approximate surface area is 118 Å². The Morgan fingerprint density at radius 1 is 1.21 bits per heavy atom. The van der Waals surface area contributed by atoms with E-state index in [-0.39, 0.29) is 0 Å². The second kappa shape index (κ2) is 5.35. The summed E-state index contributed by atoms with van der Waals surface area (Å²) >= 11 is 6.21. The van der Waals surface area contributed by atoms with E-state index < -0.39 is 6.10 Å². The maximum Gasteiger partial charge on any atom is 0.0848 e. The van der Waals surface area contributed by atoms with Crippen LogP contribution in [0, 0.1) is 20.8 Å². The van der Waals surface area contributed by atoms with E-state index in [2.05, 4.69) is 11.2 Å². The highest BCUT2D eigenvalue weighted by molar-refractivity contribution is 6.31. The van der Waals surface area contributed by atoms with Gasteiger partial charge in [-0.2, -0.15) is 5.10 Å². The van der Waals surface area contributed by atoms with Crippen LogP contribution in [0.5, 0.6) is 0 Å². The molecule has 0 aliphatic carbocycles. The molecule has 102 valence electrons. The average molecular weight is 279 g/mol. The summed E-state index contributed by atoms with van der Waals surface area (Å²) in [5.74, 6) is 0. The van der Waals surface area contributed by atoms with E-state index >= 15 is 0 Å². The topological polar surface area (TPSA) is 38.1 Å². The number of aliphatic hydroxyl groups is 1. The zero-order valence-corrected chi connectivity index (χ0v) is 12.5. The molecule has 0 aliphatic rings. The van der Waals surface area contributed by atoms with Crippen LogP contribution in [-0.2, 0) is 13.5 Å². The van der Waals surface area contributed by atoms with Crippen molar-refractivity contribution in [2.75, 3.05) is 0 Å². The van der Waals surface area contributed by atoms with Gasteiger partial charge in [0.05, 0.1) is 22.5 Å². The lowest BCUT2D eigenvalue weighted by Gasteiger charge is -2.13. The molecule has 0 aliphatic heterocycles. The first kappa shape index (κ1) is 14.1. The molecule has 19 heavy (non-hydrogen) atoms. The normalized spacial score (nSPS) is 12.7. The molecule has 0 saturated carbocycles. The molecule has 0 saturated heterocycles. The predicted molar refractivity (Wildman–Crippen MR) is 77.5 cm³/mol. The summed E-state index contributed by atoms with van der Waals surface area (Å²) < 4.78 is 1.74. The van der Waals surface area contributed by atoms with Gasteiger partial charge < -0.3 is 5.11 Å². The van der Waals surface area contributed by atoms with Gasteiger partial charge in [-0.25, -0.2) is 0 Å². The predicted octanol–water partition coefficient (Wildman–Crippen LogP) is 3.27. The van der Waals surface area contributed by atoms with E-state index in [9.17, 15) is 5.11 Å². The number of aryl methyl sites for hydroxylation is 4. The van der Waals surface area contributed by atoms with Crippen LogP contribution >= 0.6 is 11.6 Å². The molecule has 1 unspecified atom stereocenters. The average Bonchev–Trinajstić information content (AvgIpc) is 2.54. The Morgan fingerprint density at radius 3 is 2.26 bits per heavy atom. The molecule has 0 spiro atoms. The largest absolute Gasteiger partial charge is 0.388 e. The van der Waals surface area contributed by atoms with Crippen molar-refractivity contribution in [2.24, 2.45) is 7.05 Å². The van der Waals surface area contributed by atoms with Gasteiger partial charge in [-0.1, -0.05) is 40.9 Å². The van der Waals surface area contributed by atoms with Gasteiger partial charge in [-0.15, -0.1) is 0 Å². The lowest BCUT2D eigenvalue weighted by molar-refractivity contribution is 0.175. The highest BCUT2D eigenvalue weighted by Gasteiger charge is 2.17. The zero-order valence-electron chi connectivity index (χ0n) is 11.7. The van der Waals surface area contributed by atoms with Crippen LogP contribution in [0.4, 0.5) is 0 Å². The number of benzene rings is 1. The van der Waals surface area contributed by atoms with E-state index in [0.717, 1.165) is 28.1 Å². The maximum absolute atomic E-state index is 10.4. The molecule has 1 aromatic heterocycles. The molecule has 1 N–H and O–H groups in total. The molecule has 0 amide bonds. The third kappa shape index (κ3) is 2.99. The van der Waals surface area contributed by atoms with Crippen molar-refractivity contribution in [2.45, 2.75) is 33.3 Å². The summed E-state index contributed by atoms with van der Waals surface area (Å²) in [6.07, 6.45) is -0.0927. The molecule has 0 bridgehead atoms. The van der Waals surface area contributed by atoms with E-state index in [1.54, 1.807) is 4.68 Å². The first-order chi connectivity index (χ1) is 8.88. The minimum atomic E-state index is -0.564. The van der Waals surface area contributed by atoms with Crippen molar-refractivity contribution in [3.05, 3.63) is 51.3 Å². The van der Waals surface area contributed by atoms with Gasteiger partial charge in [-0.05, 0) is 26.3 Å². The molecule has 1 heterocycles. The summed E-state index contributed by atoms with van der Waals surface area (Å²) in [7, 11) is 1.85. The molecule has 2 aromatic rings. The van der Waals surface area contributed by atoms with Crippen molar-refractivity contribution in [3.63, 3.8) is 0 Å². The fourth-order valence-electron chi connectivity index (χ4n) is 2.41. The quantitative estimate of drug-likeness (QED) is 0.936. The van der Waals surface area contributed by atoms with Crippen LogP contribution in [0.25, 0.3) is 0 Å². The number of hydrogen-bond acceptors (Lipinski definition) is 2. The minimum Gasteiger partial charge on any atom is -0.388 e. The summed E-state index contributed by atoms with van der Waals surface area (Å²) in [5, 5.41) is 15.3. The van der Waals surface area contributed by atoms with Crippen LogP contribution in [0.3, 0.4) is 0 Å². The Morgan fingerprint density at radius 2 is 1.79 bits per heavy atom. The van der Waals surface area contributed by atoms with Gasteiger partial charge in [0.25, 0.3) is 0 Å². The number of rotatable bonds is 3. The fourth-order valence-corrected chi connectivity index (χ4v) is 2.64. The Bertz CT molecular complexity index is 584. The molecule has 3 nitrogen and oxygen atoms in total. The van der Waals surface area contributed by atoms with E-state index in [4.69, 9.17) is 11.6 Å². The Hall–Kier alpha value is -1.32. The van der Waals surface area contributed by atoms with Gasteiger partial charge >= 0.3 is 0 Å². The molecule has 0 radical (unpaired) electrons. The SMILES string of the molecule is Cc1cc(C)cc(C(O)Cc2c(Cl)c(C)nn2C)c1. The minimum absolute atomic E-state index is 0.471. The maximum atomic E-state index is 10.4. The van der Waals surface area contributed by atoms with Crippen molar-refractivity contribution in [3.8, 4) is 0 Å². The Balaban J connectivity index is 2.27. The third-order valence-corrected chi connectivity index (χ3v) is 3.77. The molecular formula is C15H19ClN2O. The van der Waals surface area contributed by atoms with Crippen LogP contribution < -0.4 is 0 Å². The fraction of sp³-hybridized carbons (Fsp3) is 0.400. The van der Waals surface area contributed by atoms with Gasteiger partial charge in [0, 0.05) is 13.5 Å². The first-order valence-corrected chi connectivity index (χ1v) is 6.70. The lowest BCUT2D eigenvalue weighted by atomic mass is 10.00. The standard InChI is InChI=1S/C15H19ClN2O/c1-9-5-10(2)7-12(6-9)14(19)8-13-15(16)11(3)17-18(13)4/h5-7,14,19H,8H2,1-4H3. The number of aromatic nitrogens is 2. The highest BCUT2D eigenvalue weighted by atomic mass is 35.5. The summed E-state index contributed by atoms with van der Waals surface area (Å²) in [5.41, 5.74) is 4.90. The second-order valence-corrected chi connectivity index (χ2v) is 5.49. The number of hydrogen-bond donors (Lipinski definition) is 1. The number of aliphatic hydroxyl groups excluding tert-OH is 1. The molecule has 4 heteroatoms. The van der Waals surface area contributed by atoms with E-state index in [1.165, 1.54) is 0 Å². The smallest absolute Gasteiger partial charge is 0.0848 e. The van der Waals surface area contributed by atoms with Crippen molar-refractivity contribution in [1.29, 1.82) is 0 Å². The monoisotopic (exact) mass is 278 g/mol. The second-order valence-electron chi connectivity index (χ2n) is 5.11. The van der Waals surface area contributed by atoms with Crippen LogP contribution in [0.15, 0.2) is 18.2 Å². The van der Waals surface area contributed by atoms with Crippen LogP contribution in [0.1, 0.15) is 34.2 Å². The molecular weight excluding hydrogens is 260 g/mol. The van der Waals surface area contributed by atoms with Crippen molar-refractivity contribution >= 4 is 11.6 Å². The van der Waals surface area contributed by atoms with Crippen molar-refractivity contribution in [1.82, 2.24) is 9.78 Å². The highest BCUT2D eigenvalue weighted by Crippen LogP contribution is 2.26.